The molecule has 6 heteroatoms. The van der Waals surface area contributed by atoms with E-state index in [1.165, 1.54) is 12.1 Å². The Morgan fingerprint density at radius 3 is 2.58 bits per heavy atom. The Morgan fingerprint density at radius 1 is 1.06 bits per heavy atom. The number of anilines is 1. The number of allylic oxidation sites excluding steroid dienone is 1. The fourth-order valence-corrected chi connectivity index (χ4v) is 4.53. The summed E-state index contributed by atoms with van der Waals surface area (Å²) >= 11 is 0. The van der Waals surface area contributed by atoms with E-state index >= 15 is 0 Å². The van der Waals surface area contributed by atoms with Crippen LogP contribution in [0.4, 0.5) is 10.1 Å². The van der Waals surface area contributed by atoms with Crippen molar-refractivity contribution in [3.63, 3.8) is 0 Å². The van der Waals surface area contributed by atoms with E-state index in [0.29, 0.717) is 17.0 Å². The second kappa shape index (κ2) is 9.30. The maximum absolute atomic E-state index is 13.5. The van der Waals surface area contributed by atoms with Crippen LogP contribution in [0.3, 0.4) is 0 Å². The topological polar surface area (TPSA) is 64.4 Å². The third-order valence-electron chi connectivity index (χ3n) is 6.30. The van der Waals surface area contributed by atoms with Crippen molar-refractivity contribution in [2.45, 2.75) is 20.8 Å². The highest BCUT2D eigenvalue weighted by Crippen LogP contribution is 2.40. The quantitative estimate of drug-likeness (QED) is 0.265. The number of nitrogens with one attached hydrogen (secondary N) is 1. The fourth-order valence-electron chi connectivity index (χ4n) is 4.53. The number of halogens is 1. The molecular formula is C30H25FN2O3. The highest BCUT2D eigenvalue weighted by Gasteiger charge is 2.19. The Balaban J connectivity index is 1.54. The van der Waals surface area contributed by atoms with Crippen LogP contribution in [0.2, 0.25) is 0 Å². The Morgan fingerprint density at radius 2 is 1.83 bits per heavy atom. The van der Waals surface area contributed by atoms with Gasteiger partial charge in [-0.1, -0.05) is 18.2 Å². The summed E-state index contributed by atoms with van der Waals surface area (Å²) in [6.45, 7) is 5.72. The largest absolute Gasteiger partial charge is 0.496 e. The first-order chi connectivity index (χ1) is 17.4. The number of benzene rings is 3. The lowest BCUT2D eigenvalue weighted by Crippen LogP contribution is -2.09. The van der Waals surface area contributed by atoms with Gasteiger partial charge in [0.25, 0.3) is 0 Å². The second-order valence-corrected chi connectivity index (χ2v) is 8.76. The molecule has 2 aromatic heterocycles. The molecule has 0 saturated carbocycles. The third-order valence-corrected chi connectivity index (χ3v) is 6.30. The highest BCUT2D eigenvalue weighted by atomic mass is 19.1. The number of carbonyl (C=O) groups excluding carboxylic acids is 1. The van der Waals surface area contributed by atoms with Crippen LogP contribution in [0.1, 0.15) is 23.7 Å². The molecule has 0 spiro atoms. The molecule has 0 bridgehead atoms. The van der Waals surface area contributed by atoms with E-state index in [4.69, 9.17) is 9.15 Å². The Bertz CT molecular complexity index is 1650. The summed E-state index contributed by atoms with van der Waals surface area (Å²) < 4.78 is 25.1. The Hall–Kier alpha value is -4.45. The first kappa shape index (κ1) is 23.3. The van der Waals surface area contributed by atoms with E-state index in [2.05, 4.69) is 10.3 Å². The summed E-state index contributed by atoms with van der Waals surface area (Å²) in [7, 11) is 1.60. The standard InChI is InChI=1S/C30H25FN2O3/c1-17(14-28(34)33-27-7-5-6-26-22(27)13-8-18(2)32-26)23-15-24-25(20-9-11-21(31)12-10-20)16-36-30(24)19(3)29(23)35-4/h5-16H,1-4H3,(H,33,34)/b17-14+. The number of ether oxygens (including phenoxy) is 1. The summed E-state index contributed by atoms with van der Waals surface area (Å²) in [5.74, 6) is 0.0761. The van der Waals surface area contributed by atoms with Gasteiger partial charge in [0, 0.05) is 39.2 Å². The first-order valence-corrected chi connectivity index (χ1v) is 11.6. The molecule has 5 aromatic rings. The SMILES string of the molecule is COc1c(/C(C)=C/C(=O)Nc2cccc3nc(C)ccc23)cc2c(-c3ccc(F)cc3)coc2c1C. The van der Waals surface area contributed by atoms with Crippen LogP contribution in [0.25, 0.3) is 38.6 Å². The number of fused-ring (bicyclic) bond motifs is 2. The summed E-state index contributed by atoms with van der Waals surface area (Å²) in [6.07, 6.45) is 3.22. The van der Waals surface area contributed by atoms with Crippen molar-refractivity contribution in [3.05, 3.63) is 95.6 Å². The second-order valence-electron chi connectivity index (χ2n) is 8.76. The van der Waals surface area contributed by atoms with Gasteiger partial charge in [-0.3, -0.25) is 9.78 Å². The maximum atomic E-state index is 13.5. The van der Waals surface area contributed by atoms with Crippen LogP contribution in [0.15, 0.2) is 77.4 Å². The van der Waals surface area contributed by atoms with E-state index in [-0.39, 0.29) is 11.7 Å². The highest BCUT2D eigenvalue weighted by molar-refractivity contribution is 6.09. The van der Waals surface area contributed by atoms with Crippen LogP contribution in [0.5, 0.6) is 5.75 Å². The molecule has 0 saturated heterocycles. The number of pyridine rings is 1. The molecule has 0 aliphatic rings. The normalized spacial score (nSPS) is 11.8. The minimum atomic E-state index is -0.299. The zero-order valence-corrected chi connectivity index (χ0v) is 20.5. The molecule has 180 valence electrons. The molecule has 2 heterocycles. The van der Waals surface area contributed by atoms with Crippen LogP contribution in [-0.4, -0.2) is 18.0 Å². The van der Waals surface area contributed by atoms with Crippen LogP contribution < -0.4 is 10.1 Å². The number of amides is 1. The summed E-state index contributed by atoms with van der Waals surface area (Å²) in [6, 6.07) is 17.8. The van der Waals surface area contributed by atoms with Gasteiger partial charge in [-0.15, -0.1) is 0 Å². The first-order valence-electron chi connectivity index (χ1n) is 11.6. The molecule has 0 atom stereocenters. The number of rotatable bonds is 5. The number of carbonyl (C=O) groups is 1. The lowest BCUT2D eigenvalue weighted by Gasteiger charge is -2.13. The van der Waals surface area contributed by atoms with Gasteiger partial charge in [-0.05, 0) is 74.4 Å². The van der Waals surface area contributed by atoms with Crippen molar-refractivity contribution in [3.8, 4) is 16.9 Å². The molecular weight excluding hydrogens is 455 g/mol. The van der Waals surface area contributed by atoms with Gasteiger partial charge < -0.3 is 14.5 Å². The molecule has 0 radical (unpaired) electrons. The lowest BCUT2D eigenvalue weighted by atomic mass is 9.96. The van der Waals surface area contributed by atoms with Gasteiger partial charge >= 0.3 is 0 Å². The number of aromatic nitrogens is 1. The summed E-state index contributed by atoms with van der Waals surface area (Å²) in [5.41, 5.74) is 7.13. The molecule has 0 fully saturated rings. The zero-order valence-electron chi connectivity index (χ0n) is 20.5. The molecule has 3 aromatic carbocycles. The lowest BCUT2D eigenvalue weighted by molar-refractivity contribution is -0.111. The molecule has 0 unspecified atom stereocenters. The maximum Gasteiger partial charge on any atom is 0.248 e. The van der Waals surface area contributed by atoms with Crippen molar-refractivity contribution in [2.75, 3.05) is 12.4 Å². The predicted molar refractivity (Wildman–Crippen MR) is 142 cm³/mol. The van der Waals surface area contributed by atoms with Gasteiger partial charge in [-0.25, -0.2) is 4.39 Å². The summed E-state index contributed by atoms with van der Waals surface area (Å²) in [5, 5.41) is 4.72. The van der Waals surface area contributed by atoms with E-state index in [0.717, 1.165) is 49.8 Å². The third kappa shape index (κ3) is 4.22. The number of furan rings is 1. The summed E-state index contributed by atoms with van der Waals surface area (Å²) in [4.78, 5) is 17.6. The zero-order chi connectivity index (χ0) is 25.4. The van der Waals surface area contributed by atoms with Crippen LogP contribution in [0, 0.1) is 19.7 Å². The average Bonchev–Trinajstić information content (AvgIpc) is 3.28. The number of methoxy groups -OCH3 is 1. The molecule has 0 aliphatic heterocycles. The van der Waals surface area contributed by atoms with Gasteiger partial charge in [0.2, 0.25) is 5.91 Å². The monoisotopic (exact) mass is 480 g/mol. The number of hydrogen-bond acceptors (Lipinski definition) is 4. The predicted octanol–water partition coefficient (Wildman–Crippen LogP) is 7.45. The molecule has 36 heavy (non-hydrogen) atoms. The Labute approximate surface area is 208 Å². The van der Waals surface area contributed by atoms with Crippen LogP contribution >= 0.6 is 0 Å². The van der Waals surface area contributed by atoms with E-state index < -0.39 is 0 Å². The van der Waals surface area contributed by atoms with Crippen molar-refractivity contribution in [2.24, 2.45) is 0 Å². The van der Waals surface area contributed by atoms with Gasteiger partial charge in [0.15, 0.2) is 0 Å². The van der Waals surface area contributed by atoms with Gasteiger partial charge in [0.05, 0.1) is 24.6 Å². The van der Waals surface area contributed by atoms with Crippen molar-refractivity contribution in [1.82, 2.24) is 4.98 Å². The number of aryl methyl sites for hydroxylation is 2. The van der Waals surface area contributed by atoms with Gasteiger partial charge in [0.1, 0.15) is 17.1 Å². The average molecular weight is 481 g/mol. The smallest absolute Gasteiger partial charge is 0.248 e. The minimum Gasteiger partial charge on any atom is -0.496 e. The molecule has 5 nitrogen and oxygen atoms in total. The molecule has 5 rings (SSSR count). The van der Waals surface area contributed by atoms with Crippen LogP contribution in [-0.2, 0) is 4.79 Å². The fraction of sp³-hybridized carbons (Fsp3) is 0.133. The van der Waals surface area contributed by atoms with E-state index in [1.54, 1.807) is 31.6 Å². The van der Waals surface area contributed by atoms with Crippen molar-refractivity contribution < 1.29 is 18.3 Å². The molecule has 1 amide bonds. The number of nitrogens with zero attached hydrogens (tertiary/aromatic N) is 1. The van der Waals surface area contributed by atoms with E-state index in [1.807, 2.05) is 57.2 Å². The minimum absolute atomic E-state index is 0.258. The van der Waals surface area contributed by atoms with Crippen molar-refractivity contribution in [1.29, 1.82) is 0 Å². The number of hydrogen-bond donors (Lipinski definition) is 1. The molecule has 1 N–H and O–H groups in total. The van der Waals surface area contributed by atoms with Gasteiger partial charge in [-0.2, -0.15) is 0 Å². The molecule has 0 aliphatic carbocycles. The van der Waals surface area contributed by atoms with Crippen molar-refractivity contribution >= 4 is 39.0 Å². The Kier molecular flexibility index (Phi) is 6.02. The van der Waals surface area contributed by atoms with E-state index in [9.17, 15) is 9.18 Å².